The molecule has 1 saturated heterocycles. The summed E-state index contributed by atoms with van der Waals surface area (Å²) in [7, 11) is 0. The van der Waals surface area contributed by atoms with E-state index in [1.165, 1.54) is 37.6 Å². The number of likely N-dealkylation sites (N-methyl/N-ethyl adjacent to an activating group) is 1. The van der Waals surface area contributed by atoms with Gasteiger partial charge in [0.05, 0.1) is 16.3 Å². The minimum atomic E-state index is -0.104. The van der Waals surface area contributed by atoms with Gasteiger partial charge < -0.3 is 10.6 Å². The fourth-order valence-electron chi connectivity index (χ4n) is 3.05. The Balaban J connectivity index is 1.65. The van der Waals surface area contributed by atoms with Gasteiger partial charge in [-0.1, -0.05) is 18.3 Å². The van der Waals surface area contributed by atoms with Gasteiger partial charge in [0.25, 0.3) is 0 Å². The van der Waals surface area contributed by atoms with Crippen molar-refractivity contribution in [2.24, 2.45) is 0 Å². The molecular weight excluding hydrogens is 342 g/mol. The predicted octanol–water partition coefficient (Wildman–Crippen LogP) is 3.43. The number of nitrogens with one attached hydrogen (secondary N) is 2. The Hall–Kier alpha value is -1.51. The molecule has 0 radical (unpaired) electrons. The van der Waals surface area contributed by atoms with E-state index in [4.69, 9.17) is 4.98 Å². The van der Waals surface area contributed by atoms with Crippen molar-refractivity contribution in [2.45, 2.75) is 39.7 Å². The molecule has 3 heterocycles. The average Bonchev–Trinajstić information content (AvgIpc) is 3.24. The van der Waals surface area contributed by atoms with E-state index in [0.29, 0.717) is 11.2 Å². The SMILES string of the molecule is CCN1CCCC1CNc1nc(-c2sc(NC(C)=O)nc2C)cs1. The number of aromatic nitrogens is 2. The number of carbonyl (C=O) groups is 1. The highest BCUT2D eigenvalue weighted by atomic mass is 32.1. The van der Waals surface area contributed by atoms with E-state index in [9.17, 15) is 4.79 Å². The van der Waals surface area contributed by atoms with Crippen LogP contribution < -0.4 is 10.6 Å². The van der Waals surface area contributed by atoms with Crippen LogP contribution in [0.1, 0.15) is 32.4 Å². The number of likely N-dealkylation sites (tertiary alicyclic amines) is 1. The first-order valence-corrected chi connectivity index (χ1v) is 9.95. The fraction of sp³-hybridized carbons (Fsp3) is 0.562. The van der Waals surface area contributed by atoms with Crippen molar-refractivity contribution in [3.05, 3.63) is 11.1 Å². The van der Waals surface area contributed by atoms with Crippen LogP contribution >= 0.6 is 22.7 Å². The predicted molar refractivity (Wildman–Crippen MR) is 101 cm³/mol. The van der Waals surface area contributed by atoms with Crippen LogP contribution in [0.5, 0.6) is 0 Å². The van der Waals surface area contributed by atoms with Gasteiger partial charge in [-0.2, -0.15) is 0 Å². The van der Waals surface area contributed by atoms with Gasteiger partial charge in [-0.3, -0.25) is 9.69 Å². The summed E-state index contributed by atoms with van der Waals surface area (Å²) in [6, 6.07) is 0.610. The Morgan fingerprint density at radius 1 is 1.42 bits per heavy atom. The lowest BCUT2D eigenvalue weighted by molar-refractivity contribution is -0.114. The van der Waals surface area contributed by atoms with E-state index in [-0.39, 0.29) is 5.91 Å². The largest absolute Gasteiger partial charge is 0.360 e. The van der Waals surface area contributed by atoms with Gasteiger partial charge in [-0.05, 0) is 32.9 Å². The van der Waals surface area contributed by atoms with Crippen LogP contribution in [0, 0.1) is 6.92 Å². The number of aryl methyl sites for hydroxylation is 1. The number of carbonyl (C=O) groups excluding carboxylic acids is 1. The van der Waals surface area contributed by atoms with E-state index in [1.807, 2.05) is 12.3 Å². The van der Waals surface area contributed by atoms with Gasteiger partial charge in [-0.15, -0.1) is 11.3 Å². The quantitative estimate of drug-likeness (QED) is 0.821. The van der Waals surface area contributed by atoms with E-state index in [1.54, 1.807) is 11.3 Å². The molecule has 1 amide bonds. The van der Waals surface area contributed by atoms with Crippen LogP contribution in [0.15, 0.2) is 5.38 Å². The van der Waals surface area contributed by atoms with Gasteiger partial charge in [0.15, 0.2) is 10.3 Å². The number of anilines is 2. The van der Waals surface area contributed by atoms with Crippen molar-refractivity contribution >= 4 is 38.8 Å². The van der Waals surface area contributed by atoms with Crippen LogP contribution in [0.25, 0.3) is 10.6 Å². The summed E-state index contributed by atoms with van der Waals surface area (Å²) in [5.41, 5.74) is 1.82. The second kappa shape index (κ2) is 7.58. The highest BCUT2D eigenvalue weighted by Crippen LogP contribution is 2.34. The molecule has 1 unspecified atom stereocenters. The Morgan fingerprint density at radius 2 is 2.25 bits per heavy atom. The minimum Gasteiger partial charge on any atom is -0.360 e. The third-order valence-corrected chi connectivity index (χ3v) is 6.11. The normalized spacial score (nSPS) is 18.0. The molecule has 8 heteroatoms. The highest BCUT2D eigenvalue weighted by molar-refractivity contribution is 7.19. The Kier molecular flexibility index (Phi) is 5.47. The lowest BCUT2D eigenvalue weighted by Crippen LogP contribution is -2.34. The molecule has 1 fully saturated rings. The molecule has 1 aliphatic rings. The first-order chi connectivity index (χ1) is 11.6. The maximum atomic E-state index is 11.2. The first-order valence-electron chi connectivity index (χ1n) is 8.25. The second-order valence-electron chi connectivity index (χ2n) is 5.96. The van der Waals surface area contributed by atoms with Crippen LogP contribution in [0.4, 0.5) is 10.3 Å². The summed E-state index contributed by atoms with van der Waals surface area (Å²) < 4.78 is 0. The first kappa shape index (κ1) is 17.3. The van der Waals surface area contributed by atoms with E-state index in [2.05, 4.69) is 27.4 Å². The zero-order chi connectivity index (χ0) is 17.1. The standard InChI is InChI=1S/C16H23N5OS2/c1-4-21-7-5-6-12(21)8-17-15-20-13(9-23-15)14-10(2)18-16(24-14)19-11(3)22/h9,12H,4-8H2,1-3H3,(H,17,20)(H,18,19,22). The van der Waals surface area contributed by atoms with Gasteiger partial charge in [0.1, 0.15) is 0 Å². The zero-order valence-corrected chi connectivity index (χ0v) is 15.9. The minimum absolute atomic E-state index is 0.104. The molecule has 0 aromatic carbocycles. The summed E-state index contributed by atoms with van der Waals surface area (Å²) in [5, 5.41) is 9.84. The summed E-state index contributed by atoms with van der Waals surface area (Å²) >= 11 is 3.09. The summed E-state index contributed by atoms with van der Waals surface area (Å²) in [5.74, 6) is -0.104. The van der Waals surface area contributed by atoms with Crippen LogP contribution in [0.2, 0.25) is 0 Å². The second-order valence-corrected chi connectivity index (χ2v) is 7.82. The third kappa shape index (κ3) is 3.93. The maximum absolute atomic E-state index is 11.2. The van der Waals surface area contributed by atoms with Gasteiger partial charge in [0.2, 0.25) is 5.91 Å². The van der Waals surface area contributed by atoms with Crippen molar-refractivity contribution in [2.75, 3.05) is 30.3 Å². The Bertz CT molecular complexity index is 711. The molecule has 6 nitrogen and oxygen atoms in total. The molecule has 1 aliphatic heterocycles. The van der Waals surface area contributed by atoms with Crippen molar-refractivity contribution in [3.8, 4) is 10.6 Å². The topological polar surface area (TPSA) is 70.2 Å². The van der Waals surface area contributed by atoms with Crippen molar-refractivity contribution < 1.29 is 4.79 Å². The summed E-state index contributed by atoms with van der Waals surface area (Å²) in [6.45, 7) is 8.92. The van der Waals surface area contributed by atoms with E-state index < -0.39 is 0 Å². The lowest BCUT2D eigenvalue weighted by Gasteiger charge is -2.22. The zero-order valence-electron chi connectivity index (χ0n) is 14.3. The van der Waals surface area contributed by atoms with Crippen molar-refractivity contribution in [1.29, 1.82) is 0 Å². The summed E-state index contributed by atoms with van der Waals surface area (Å²) in [4.78, 5) is 23.8. The van der Waals surface area contributed by atoms with Gasteiger partial charge >= 0.3 is 0 Å². The number of thiazole rings is 2. The smallest absolute Gasteiger partial charge is 0.223 e. The lowest BCUT2D eigenvalue weighted by atomic mass is 10.2. The molecule has 130 valence electrons. The molecule has 0 aliphatic carbocycles. The fourth-order valence-corrected chi connectivity index (χ4v) is 4.80. The molecule has 2 aromatic heterocycles. The molecular formula is C16H23N5OS2. The average molecular weight is 366 g/mol. The molecule has 2 aromatic rings. The number of hydrogen-bond acceptors (Lipinski definition) is 7. The van der Waals surface area contributed by atoms with E-state index in [0.717, 1.165) is 34.5 Å². The summed E-state index contributed by atoms with van der Waals surface area (Å²) in [6.07, 6.45) is 2.54. The van der Waals surface area contributed by atoms with Crippen LogP contribution in [-0.2, 0) is 4.79 Å². The van der Waals surface area contributed by atoms with Crippen LogP contribution in [-0.4, -0.2) is 46.5 Å². The van der Waals surface area contributed by atoms with Gasteiger partial charge in [-0.25, -0.2) is 9.97 Å². The Morgan fingerprint density at radius 3 is 3.00 bits per heavy atom. The monoisotopic (exact) mass is 365 g/mol. The molecule has 1 atom stereocenters. The maximum Gasteiger partial charge on any atom is 0.223 e. The molecule has 24 heavy (non-hydrogen) atoms. The van der Waals surface area contributed by atoms with E-state index >= 15 is 0 Å². The van der Waals surface area contributed by atoms with Crippen LogP contribution in [0.3, 0.4) is 0 Å². The number of rotatable bonds is 6. The molecule has 0 spiro atoms. The number of hydrogen-bond donors (Lipinski definition) is 2. The third-order valence-electron chi connectivity index (χ3n) is 4.21. The van der Waals surface area contributed by atoms with Crippen molar-refractivity contribution in [3.63, 3.8) is 0 Å². The molecule has 3 rings (SSSR count). The molecule has 0 bridgehead atoms. The number of amides is 1. The van der Waals surface area contributed by atoms with Gasteiger partial charge in [0, 0.05) is 24.9 Å². The number of nitrogens with zero attached hydrogens (tertiary/aromatic N) is 3. The highest BCUT2D eigenvalue weighted by Gasteiger charge is 2.23. The Labute approximate surface area is 150 Å². The molecule has 0 saturated carbocycles. The molecule has 2 N–H and O–H groups in total. The van der Waals surface area contributed by atoms with Crippen molar-refractivity contribution in [1.82, 2.24) is 14.9 Å².